The SMILES string of the molecule is COc1ccc(S(=O)(=O)N(C)CC(=O)N/N=C/c2cccc(OC)c2OC)cc1C. The quantitative estimate of drug-likeness (QED) is 0.475. The second-order valence-electron chi connectivity index (χ2n) is 6.27. The van der Waals surface area contributed by atoms with E-state index in [4.69, 9.17) is 14.2 Å². The number of carbonyl (C=O) groups excluding carboxylic acids is 1. The predicted octanol–water partition coefficient (Wildman–Crippen LogP) is 1.79. The number of methoxy groups -OCH3 is 3. The highest BCUT2D eigenvalue weighted by Gasteiger charge is 2.23. The fourth-order valence-electron chi connectivity index (χ4n) is 2.70. The first-order valence-electron chi connectivity index (χ1n) is 8.88. The van der Waals surface area contributed by atoms with E-state index in [0.717, 1.165) is 4.31 Å². The van der Waals surface area contributed by atoms with E-state index < -0.39 is 22.5 Å². The largest absolute Gasteiger partial charge is 0.496 e. The van der Waals surface area contributed by atoms with Crippen LogP contribution in [0.25, 0.3) is 0 Å². The Morgan fingerprint density at radius 1 is 1.10 bits per heavy atom. The Hall–Kier alpha value is -3.11. The number of hydrogen-bond acceptors (Lipinski definition) is 7. The molecule has 0 aromatic heterocycles. The lowest BCUT2D eigenvalue weighted by atomic mass is 10.2. The lowest BCUT2D eigenvalue weighted by Gasteiger charge is -2.17. The molecule has 1 N–H and O–H groups in total. The Kier molecular flexibility index (Phi) is 7.79. The zero-order chi connectivity index (χ0) is 22.3. The Balaban J connectivity index is 2.06. The molecule has 2 rings (SSSR count). The third kappa shape index (κ3) is 5.28. The van der Waals surface area contributed by atoms with E-state index in [1.807, 2.05) is 0 Å². The normalized spacial score (nSPS) is 11.5. The molecule has 0 fully saturated rings. The summed E-state index contributed by atoms with van der Waals surface area (Å²) >= 11 is 0. The number of ether oxygens (including phenoxy) is 3. The average molecular weight is 436 g/mol. The van der Waals surface area contributed by atoms with Crippen molar-refractivity contribution in [2.24, 2.45) is 5.10 Å². The number of hydrogen-bond donors (Lipinski definition) is 1. The van der Waals surface area contributed by atoms with Gasteiger partial charge in [0, 0.05) is 12.6 Å². The molecule has 1 amide bonds. The lowest BCUT2D eigenvalue weighted by molar-refractivity contribution is -0.121. The van der Waals surface area contributed by atoms with Crippen LogP contribution in [0.5, 0.6) is 17.2 Å². The van der Waals surface area contributed by atoms with Gasteiger partial charge < -0.3 is 14.2 Å². The molecule has 0 bridgehead atoms. The van der Waals surface area contributed by atoms with Gasteiger partial charge in [-0.15, -0.1) is 0 Å². The number of para-hydroxylation sites is 1. The number of rotatable bonds is 9. The molecule has 30 heavy (non-hydrogen) atoms. The van der Waals surface area contributed by atoms with Gasteiger partial charge in [-0.25, -0.2) is 13.8 Å². The van der Waals surface area contributed by atoms with E-state index in [1.54, 1.807) is 31.2 Å². The molecule has 2 aromatic carbocycles. The third-order valence-corrected chi connectivity index (χ3v) is 6.07. The number of likely N-dealkylation sites (N-methyl/N-ethyl adjacent to an activating group) is 1. The maximum atomic E-state index is 12.7. The van der Waals surface area contributed by atoms with Crippen molar-refractivity contribution in [3.8, 4) is 17.2 Å². The van der Waals surface area contributed by atoms with E-state index in [-0.39, 0.29) is 4.90 Å². The van der Waals surface area contributed by atoms with Crippen LogP contribution >= 0.6 is 0 Å². The van der Waals surface area contributed by atoms with E-state index in [9.17, 15) is 13.2 Å². The summed E-state index contributed by atoms with van der Waals surface area (Å²) < 4.78 is 42.0. The summed E-state index contributed by atoms with van der Waals surface area (Å²) in [5, 5.41) is 3.87. The van der Waals surface area contributed by atoms with Crippen molar-refractivity contribution in [3.63, 3.8) is 0 Å². The predicted molar refractivity (Wildman–Crippen MR) is 113 cm³/mol. The molecular weight excluding hydrogens is 410 g/mol. The van der Waals surface area contributed by atoms with Crippen LogP contribution in [0.4, 0.5) is 0 Å². The summed E-state index contributed by atoms with van der Waals surface area (Å²) in [7, 11) is 1.99. The molecule has 9 nitrogen and oxygen atoms in total. The van der Waals surface area contributed by atoms with Crippen LogP contribution in [0, 0.1) is 6.92 Å². The molecule has 0 aliphatic heterocycles. The number of benzene rings is 2. The summed E-state index contributed by atoms with van der Waals surface area (Å²) in [5.41, 5.74) is 3.58. The maximum absolute atomic E-state index is 12.7. The van der Waals surface area contributed by atoms with Crippen molar-refractivity contribution in [1.29, 1.82) is 0 Å². The van der Waals surface area contributed by atoms with Crippen LogP contribution in [0.2, 0.25) is 0 Å². The van der Waals surface area contributed by atoms with E-state index >= 15 is 0 Å². The van der Waals surface area contributed by atoms with Gasteiger partial charge in [0.15, 0.2) is 11.5 Å². The first-order chi connectivity index (χ1) is 14.2. The van der Waals surface area contributed by atoms with Gasteiger partial charge in [0.1, 0.15) is 5.75 Å². The number of nitrogens with zero attached hydrogens (tertiary/aromatic N) is 2. The van der Waals surface area contributed by atoms with Crippen molar-refractivity contribution in [2.45, 2.75) is 11.8 Å². The molecule has 0 unspecified atom stereocenters. The minimum Gasteiger partial charge on any atom is -0.496 e. The maximum Gasteiger partial charge on any atom is 0.255 e. The summed E-state index contributed by atoms with van der Waals surface area (Å²) in [6.45, 7) is 1.34. The van der Waals surface area contributed by atoms with Gasteiger partial charge >= 0.3 is 0 Å². The fourth-order valence-corrected chi connectivity index (χ4v) is 3.91. The molecule has 0 aliphatic rings. The van der Waals surface area contributed by atoms with Gasteiger partial charge in [-0.3, -0.25) is 4.79 Å². The fraction of sp³-hybridized carbons (Fsp3) is 0.300. The second-order valence-corrected chi connectivity index (χ2v) is 8.31. The molecule has 0 aliphatic carbocycles. The van der Waals surface area contributed by atoms with Gasteiger partial charge in [-0.05, 0) is 42.8 Å². The van der Waals surface area contributed by atoms with Crippen LogP contribution < -0.4 is 19.6 Å². The minimum absolute atomic E-state index is 0.0701. The molecule has 0 heterocycles. The summed E-state index contributed by atoms with van der Waals surface area (Å²) in [6, 6.07) is 9.72. The standard InChI is InChI=1S/C20H25N3O6S/c1-14-11-16(9-10-17(14)27-3)30(25,26)23(2)13-19(24)22-21-12-15-7-6-8-18(28-4)20(15)29-5/h6-12H,13H2,1-5H3,(H,22,24)/b21-12+. The van der Waals surface area contributed by atoms with Crippen molar-refractivity contribution in [2.75, 3.05) is 34.9 Å². The molecule has 0 radical (unpaired) electrons. The summed E-state index contributed by atoms with van der Waals surface area (Å²) in [5.74, 6) is 0.974. The van der Waals surface area contributed by atoms with Gasteiger partial charge in [0.05, 0.1) is 39.0 Å². The van der Waals surface area contributed by atoms with Gasteiger partial charge in [-0.2, -0.15) is 9.41 Å². The Morgan fingerprint density at radius 3 is 2.40 bits per heavy atom. The highest BCUT2D eigenvalue weighted by Crippen LogP contribution is 2.29. The van der Waals surface area contributed by atoms with Crippen LogP contribution in [-0.2, 0) is 14.8 Å². The molecule has 0 saturated carbocycles. The zero-order valence-electron chi connectivity index (χ0n) is 17.5. The zero-order valence-corrected chi connectivity index (χ0v) is 18.3. The number of amides is 1. The van der Waals surface area contributed by atoms with Crippen LogP contribution in [0.3, 0.4) is 0 Å². The molecule has 0 atom stereocenters. The van der Waals surface area contributed by atoms with Crippen LogP contribution in [0.1, 0.15) is 11.1 Å². The van der Waals surface area contributed by atoms with Gasteiger partial charge in [0.2, 0.25) is 10.0 Å². The number of hydrazone groups is 1. The highest BCUT2D eigenvalue weighted by molar-refractivity contribution is 7.89. The van der Waals surface area contributed by atoms with Gasteiger partial charge in [-0.1, -0.05) is 6.07 Å². The Labute approximate surface area is 176 Å². The average Bonchev–Trinajstić information content (AvgIpc) is 2.73. The monoisotopic (exact) mass is 435 g/mol. The summed E-state index contributed by atoms with van der Waals surface area (Å²) in [6.07, 6.45) is 1.39. The van der Waals surface area contributed by atoms with Crippen molar-refractivity contribution < 1.29 is 27.4 Å². The molecule has 162 valence electrons. The number of nitrogens with one attached hydrogen (secondary N) is 1. The molecule has 0 saturated heterocycles. The molecule has 2 aromatic rings. The molecule has 0 spiro atoms. The van der Waals surface area contributed by atoms with Crippen molar-refractivity contribution in [3.05, 3.63) is 47.5 Å². The first kappa shape index (κ1) is 23.2. The minimum atomic E-state index is -3.85. The number of carbonyl (C=O) groups is 1. The molecule has 10 heteroatoms. The number of sulfonamides is 1. The van der Waals surface area contributed by atoms with E-state index in [1.165, 1.54) is 46.7 Å². The van der Waals surface area contributed by atoms with E-state index in [2.05, 4.69) is 10.5 Å². The van der Waals surface area contributed by atoms with Crippen LogP contribution in [0.15, 0.2) is 46.4 Å². The Morgan fingerprint density at radius 2 is 1.80 bits per heavy atom. The summed E-state index contributed by atoms with van der Waals surface area (Å²) in [4.78, 5) is 12.2. The lowest BCUT2D eigenvalue weighted by Crippen LogP contribution is -2.36. The molecular formula is C20H25N3O6S. The van der Waals surface area contributed by atoms with E-state index in [0.29, 0.717) is 28.4 Å². The number of aryl methyl sites for hydroxylation is 1. The van der Waals surface area contributed by atoms with Crippen molar-refractivity contribution >= 4 is 22.1 Å². The first-order valence-corrected chi connectivity index (χ1v) is 10.3. The van der Waals surface area contributed by atoms with Crippen LogP contribution in [-0.4, -0.2) is 59.8 Å². The highest BCUT2D eigenvalue weighted by atomic mass is 32.2. The Bertz CT molecular complexity index is 1040. The van der Waals surface area contributed by atoms with Crippen molar-refractivity contribution in [1.82, 2.24) is 9.73 Å². The smallest absolute Gasteiger partial charge is 0.255 e. The second kappa shape index (κ2) is 10.1. The van der Waals surface area contributed by atoms with Gasteiger partial charge in [0.25, 0.3) is 5.91 Å². The topological polar surface area (TPSA) is 107 Å². The third-order valence-electron chi connectivity index (χ3n) is 4.27.